The number of rotatable bonds is 6. The molecule has 0 saturated carbocycles. The van der Waals surface area contributed by atoms with Gasteiger partial charge in [0.1, 0.15) is 11.2 Å². The van der Waals surface area contributed by atoms with Crippen LogP contribution < -0.4 is 0 Å². The van der Waals surface area contributed by atoms with Gasteiger partial charge in [0.15, 0.2) is 17.5 Å². The molecule has 2 aromatic heterocycles. The zero-order chi connectivity index (χ0) is 37.7. The molecule has 0 unspecified atom stereocenters. The predicted octanol–water partition coefficient (Wildman–Crippen LogP) is 14.1. The van der Waals surface area contributed by atoms with E-state index >= 15 is 0 Å². The molecule has 11 aromatic rings. The van der Waals surface area contributed by atoms with Crippen molar-refractivity contribution in [2.45, 2.75) is 0 Å². The van der Waals surface area contributed by atoms with E-state index < -0.39 is 0 Å². The quantitative estimate of drug-likeness (QED) is 0.160. The number of hydrogen-bond acceptors (Lipinski definition) is 4. The van der Waals surface area contributed by atoms with Crippen molar-refractivity contribution in [1.82, 2.24) is 15.0 Å². The van der Waals surface area contributed by atoms with Crippen LogP contribution in [0.5, 0.6) is 0 Å². The minimum Gasteiger partial charge on any atom is -0.456 e. The Hall–Kier alpha value is -7.69. The van der Waals surface area contributed by atoms with E-state index in [4.69, 9.17) is 19.4 Å². The molecule has 4 nitrogen and oxygen atoms in total. The molecule has 2 heterocycles. The molecular formula is C53H33N3O. The van der Waals surface area contributed by atoms with Crippen molar-refractivity contribution in [3.05, 3.63) is 200 Å². The summed E-state index contributed by atoms with van der Waals surface area (Å²) >= 11 is 0. The first-order valence-corrected chi connectivity index (χ1v) is 19.2. The lowest BCUT2D eigenvalue weighted by atomic mass is 9.91. The Morgan fingerprint density at radius 2 is 0.825 bits per heavy atom. The Morgan fingerprint density at radius 3 is 1.63 bits per heavy atom. The van der Waals surface area contributed by atoms with Gasteiger partial charge < -0.3 is 4.42 Å². The third-order valence-electron chi connectivity index (χ3n) is 10.9. The molecule has 0 amide bonds. The number of para-hydroxylation sites is 1. The number of furan rings is 1. The maximum atomic E-state index is 6.31. The van der Waals surface area contributed by atoms with Crippen LogP contribution in [0.3, 0.4) is 0 Å². The number of hydrogen-bond donors (Lipinski definition) is 0. The van der Waals surface area contributed by atoms with Gasteiger partial charge in [-0.2, -0.15) is 0 Å². The molecule has 0 aliphatic carbocycles. The Kier molecular flexibility index (Phi) is 7.78. The van der Waals surface area contributed by atoms with Crippen LogP contribution in [-0.4, -0.2) is 15.0 Å². The van der Waals surface area contributed by atoms with Crippen LogP contribution >= 0.6 is 0 Å². The molecule has 0 spiro atoms. The summed E-state index contributed by atoms with van der Waals surface area (Å²) in [4.78, 5) is 15.5. The molecule has 4 heteroatoms. The molecule has 0 bridgehead atoms. The fourth-order valence-electron chi connectivity index (χ4n) is 8.22. The number of benzene rings is 9. The smallest absolute Gasteiger partial charge is 0.164 e. The van der Waals surface area contributed by atoms with Crippen molar-refractivity contribution in [2.75, 3.05) is 0 Å². The summed E-state index contributed by atoms with van der Waals surface area (Å²) in [5.41, 5.74) is 11.3. The molecule has 11 rings (SSSR count). The SMILES string of the molecule is c1ccc(-c2nc(-c3cccc(-c4ccc5ccc6ccc7oc8ccccc8c7c6c5c4)c3)nc(-c3ccccc3-c3ccccc3-c3ccccc3)n2)cc1. The maximum absolute atomic E-state index is 6.31. The van der Waals surface area contributed by atoms with Gasteiger partial charge in [0.25, 0.3) is 0 Å². The van der Waals surface area contributed by atoms with Crippen molar-refractivity contribution >= 4 is 43.5 Å². The van der Waals surface area contributed by atoms with E-state index in [1.807, 2.05) is 30.3 Å². The standard InChI is InChI=1S/C53H33N3O/c1-3-14-34(15-4-1)41-20-7-8-21-42(41)43-22-9-10-23-44(43)53-55-51(37-16-5-2-6-17-37)54-52(56-53)40-19-13-18-38(32-40)39-29-27-35-26-28-36-30-31-48-50(49(36)46(35)33-39)45-24-11-12-25-47(45)57-48/h1-33H. The van der Waals surface area contributed by atoms with Crippen molar-refractivity contribution in [3.63, 3.8) is 0 Å². The van der Waals surface area contributed by atoms with Gasteiger partial charge in [-0.05, 0) is 73.8 Å². The van der Waals surface area contributed by atoms with E-state index in [0.29, 0.717) is 17.5 Å². The van der Waals surface area contributed by atoms with Crippen molar-refractivity contribution < 1.29 is 4.42 Å². The summed E-state index contributed by atoms with van der Waals surface area (Å²) in [6.45, 7) is 0. The van der Waals surface area contributed by atoms with Gasteiger partial charge in [0.2, 0.25) is 0 Å². The second-order valence-corrected chi connectivity index (χ2v) is 14.3. The predicted molar refractivity (Wildman–Crippen MR) is 235 cm³/mol. The third-order valence-corrected chi connectivity index (χ3v) is 10.9. The molecule has 0 N–H and O–H groups in total. The van der Waals surface area contributed by atoms with Gasteiger partial charge >= 0.3 is 0 Å². The second-order valence-electron chi connectivity index (χ2n) is 14.3. The van der Waals surface area contributed by atoms with Crippen LogP contribution in [-0.2, 0) is 0 Å². The molecule has 0 aliphatic heterocycles. The first kappa shape index (κ1) is 32.7. The first-order valence-electron chi connectivity index (χ1n) is 19.2. The fourth-order valence-corrected chi connectivity index (χ4v) is 8.22. The van der Waals surface area contributed by atoms with Gasteiger partial charge in [-0.25, -0.2) is 15.0 Å². The lowest BCUT2D eigenvalue weighted by molar-refractivity contribution is 0.669. The molecule has 0 radical (unpaired) electrons. The fraction of sp³-hybridized carbons (Fsp3) is 0. The second kappa shape index (κ2) is 13.6. The maximum Gasteiger partial charge on any atom is 0.164 e. The molecule has 57 heavy (non-hydrogen) atoms. The lowest BCUT2D eigenvalue weighted by Crippen LogP contribution is -2.01. The molecule has 0 aliphatic rings. The monoisotopic (exact) mass is 727 g/mol. The Morgan fingerprint density at radius 1 is 0.281 bits per heavy atom. The Labute approximate surface area is 329 Å². The van der Waals surface area contributed by atoms with E-state index in [-0.39, 0.29) is 0 Å². The largest absolute Gasteiger partial charge is 0.456 e. The number of aromatic nitrogens is 3. The minimum atomic E-state index is 0.615. The zero-order valence-corrected chi connectivity index (χ0v) is 30.8. The molecule has 0 fully saturated rings. The van der Waals surface area contributed by atoms with Crippen molar-refractivity contribution in [3.8, 4) is 67.5 Å². The summed E-state index contributed by atoms with van der Waals surface area (Å²) in [7, 11) is 0. The van der Waals surface area contributed by atoms with Gasteiger partial charge in [0, 0.05) is 32.8 Å². The molecule has 266 valence electrons. The van der Waals surface area contributed by atoms with Gasteiger partial charge in [-0.15, -0.1) is 0 Å². The van der Waals surface area contributed by atoms with Crippen LogP contribution in [0.25, 0.3) is 111 Å². The van der Waals surface area contributed by atoms with E-state index in [1.165, 1.54) is 21.5 Å². The van der Waals surface area contributed by atoms with E-state index in [1.54, 1.807) is 0 Å². The van der Waals surface area contributed by atoms with Crippen LogP contribution in [0.15, 0.2) is 205 Å². The van der Waals surface area contributed by atoms with Crippen molar-refractivity contribution in [2.24, 2.45) is 0 Å². The normalized spacial score (nSPS) is 11.5. The number of nitrogens with zero attached hydrogens (tertiary/aromatic N) is 3. The highest BCUT2D eigenvalue weighted by molar-refractivity contribution is 6.26. The number of fused-ring (bicyclic) bond motifs is 7. The first-order chi connectivity index (χ1) is 28.2. The molecule has 9 aromatic carbocycles. The Bertz CT molecular complexity index is 3300. The minimum absolute atomic E-state index is 0.615. The summed E-state index contributed by atoms with van der Waals surface area (Å²) < 4.78 is 6.31. The van der Waals surface area contributed by atoms with Gasteiger partial charge in [-0.1, -0.05) is 176 Å². The van der Waals surface area contributed by atoms with Crippen LogP contribution in [0.2, 0.25) is 0 Å². The average Bonchev–Trinajstić information content (AvgIpc) is 3.68. The summed E-state index contributed by atoms with van der Waals surface area (Å²) in [5, 5.41) is 7.04. The Balaban J connectivity index is 1.07. The topological polar surface area (TPSA) is 51.8 Å². The van der Waals surface area contributed by atoms with Gasteiger partial charge in [0.05, 0.1) is 0 Å². The highest BCUT2D eigenvalue weighted by Gasteiger charge is 2.18. The van der Waals surface area contributed by atoms with Gasteiger partial charge in [-0.3, -0.25) is 0 Å². The summed E-state index contributed by atoms with van der Waals surface area (Å²) in [5.74, 6) is 1.86. The van der Waals surface area contributed by atoms with Crippen molar-refractivity contribution in [1.29, 1.82) is 0 Å². The highest BCUT2D eigenvalue weighted by atomic mass is 16.3. The zero-order valence-electron chi connectivity index (χ0n) is 30.8. The summed E-state index contributed by atoms with van der Waals surface area (Å²) in [6.07, 6.45) is 0. The van der Waals surface area contributed by atoms with E-state index in [2.05, 4.69) is 170 Å². The van der Waals surface area contributed by atoms with E-state index in [9.17, 15) is 0 Å². The molecule has 0 saturated heterocycles. The van der Waals surface area contributed by atoms with Crippen LogP contribution in [0, 0.1) is 0 Å². The molecule has 0 atom stereocenters. The highest BCUT2D eigenvalue weighted by Crippen LogP contribution is 2.41. The van der Waals surface area contributed by atoms with Crippen LogP contribution in [0.1, 0.15) is 0 Å². The van der Waals surface area contributed by atoms with Crippen LogP contribution in [0.4, 0.5) is 0 Å². The lowest BCUT2D eigenvalue weighted by Gasteiger charge is -2.15. The third kappa shape index (κ3) is 5.74. The summed E-state index contributed by atoms with van der Waals surface area (Å²) in [6, 6.07) is 69.9. The molecular weight excluding hydrogens is 695 g/mol. The van der Waals surface area contributed by atoms with E-state index in [0.717, 1.165) is 72.0 Å². The average molecular weight is 728 g/mol.